The molecular weight excluding hydrogens is 196 g/mol. The molecule has 1 aromatic carbocycles. The van der Waals surface area contributed by atoms with Crippen LogP contribution in [-0.2, 0) is 16.8 Å². The third-order valence-corrected chi connectivity index (χ3v) is 2.53. The predicted octanol–water partition coefficient (Wildman–Crippen LogP) is 4.08. The summed E-state index contributed by atoms with van der Waals surface area (Å²) in [6, 6.07) is 8.50. The van der Waals surface area contributed by atoms with Crippen molar-refractivity contribution in [3.05, 3.63) is 47.5 Å². The minimum atomic E-state index is 0.181. The summed E-state index contributed by atoms with van der Waals surface area (Å²) in [5, 5.41) is 0. The fourth-order valence-corrected chi connectivity index (χ4v) is 1.71. The molecule has 0 aliphatic rings. The Bertz CT molecular complexity index is 345. The van der Waals surface area contributed by atoms with Gasteiger partial charge in [0.05, 0.1) is 13.2 Å². The van der Waals surface area contributed by atoms with Gasteiger partial charge in [0.15, 0.2) is 0 Å². The molecule has 16 heavy (non-hydrogen) atoms. The first-order chi connectivity index (χ1) is 7.55. The van der Waals surface area contributed by atoms with Crippen molar-refractivity contribution in [1.29, 1.82) is 0 Å². The summed E-state index contributed by atoms with van der Waals surface area (Å²) in [5.41, 5.74) is 2.84. The van der Waals surface area contributed by atoms with E-state index in [9.17, 15) is 0 Å². The van der Waals surface area contributed by atoms with E-state index in [1.165, 1.54) is 11.1 Å². The molecule has 0 aliphatic carbocycles. The summed E-state index contributed by atoms with van der Waals surface area (Å²) in [6.07, 6.45) is 4.04. The molecule has 1 heteroatoms. The molecule has 0 N–H and O–H groups in total. The van der Waals surface area contributed by atoms with Gasteiger partial charge in [0.2, 0.25) is 0 Å². The summed E-state index contributed by atoms with van der Waals surface area (Å²) in [4.78, 5) is 0. The molecule has 0 amide bonds. The van der Waals surface area contributed by atoms with Crippen molar-refractivity contribution in [3.8, 4) is 0 Å². The molecule has 0 unspecified atom stereocenters. The number of rotatable bonds is 4. The lowest BCUT2D eigenvalue weighted by Gasteiger charge is -2.22. The minimum Gasteiger partial charge on any atom is -0.373 e. The molecule has 0 saturated heterocycles. The van der Waals surface area contributed by atoms with Crippen LogP contribution in [0.1, 0.15) is 38.8 Å². The van der Waals surface area contributed by atoms with Gasteiger partial charge in [-0.25, -0.2) is 0 Å². The van der Waals surface area contributed by atoms with Crippen LogP contribution in [0.5, 0.6) is 0 Å². The first-order valence-electron chi connectivity index (χ1n) is 5.83. The fourth-order valence-electron chi connectivity index (χ4n) is 1.71. The molecule has 0 spiro atoms. The maximum absolute atomic E-state index is 5.61. The average molecular weight is 218 g/mol. The third-order valence-electron chi connectivity index (χ3n) is 2.53. The summed E-state index contributed by atoms with van der Waals surface area (Å²) in [6.45, 7) is 10.1. The van der Waals surface area contributed by atoms with Crippen LogP contribution in [0.3, 0.4) is 0 Å². The summed E-state index contributed by atoms with van der Waals surface area (Å²) in [7, 11) is 0. The van der Waals surface area contributed by atoms with Gasteiger partial charge in [-0.3, -0.25) is 0 Å². The third kappa shape index (κ3) is 3.82. The van der Waals surface area contributed by atoms with E-state index in [0.29, 0.717) is 13.2 Å². The topological polar surface area (TPSA) is 9.23 Å². The van der Waals surface area contributed by atoms with Crippen molar-refractivity contribution in [3.63, 3.8) is 0 Å². The van der Waals surface area contributed by atoms with Gasteiger partial charge in [0, 0.05) is 0 Å². The van der Waals surface area contributed by atoms with Gasteiger partial charge >= 0.3 is 0 Å². The average Bonchev–Trinajstić information content (AvgIpc) is 2.24. The number of ether oxygens (including phenoxy) is 1. The largest absolute Gasteiger partial charge is 0.373 e. The van der Waals surface area contributed by atoms with Gasteiger partial charge < -0.3 is 4.74 Å². The van der Waals surface area contributed by atoms with E-state index in [2.05, 4.69) is 45.0 Å². The zero-order valence-corrected chi connectivity index (χ0v) is 10.8. The number of hydrogen-bond acceptors (Lipinski definition) is 1. The van der Waals surface area contributed by atoms with Crippen molar-refractivity contribution in [2.75, 3.05) is 6.61 Å². The fraction of sp³-hybridized carbons (Fsp3) is 0.467. The van der Waals surface area contributed by atoms with Gasteiger partial charge in [-0.2, -0.15) is 0 Å². The van der Waals surface area contributed by atoms with Crippen molar-refractivity contribution in [2.45, 2.75) is 39.7 Å². The molecule has 0 heterocycles. The second-order valence-electron chi connectivity index (χ2n) is 4.99. The Morgan fingerprint density at radius 3 is 2.50 bits per heavy atom. The Hall–Kier alpha value is -1.08. The van der Waals surface area contributed by atoms with Crippen LogP contribution in [0.4, 0.5) is 0 Å². The molecule has 88 valence electrons. The Kier molecular flexibility index (Phi) is 4.75. The van der Waals surface area contributed by atoms with E-state index in [0.717, 1.165) is 0 Å². The van der Waals surface area contributed by atoms with Gasteiger partial charge in [0.25, 0.3) is 0 Å². The Balaban J connectivity index is 2.72. The van der Waals surface area contributed by atoms with Crippen molar-refractivity contribution < 1.29 is 4.74 Å². The maximum Gasteiger partial charge on any atom is 0.0724 e. The molecule has 1 rings (SSSR count). The molecule has 0 aliphatic heterocycles. The van der Waals surface area contributed by atoms with Crippen molar-refractivity contribution in [1.82, 2.24) is 0 Å². The van der Waals surface area contributed by atoms with Crippen LogP contribution < -0.4 is 0 Å². The quantitative estimate of drug-likeness (QED) is 0.546. The highest BCUT2D eigenvalue weighted by Gasteiger charge is 2.16. The summed E-state index contributed by atoms with van der Waals surface area (Å²) >= 11 is 0. The van der Waals surface area contributed by atoms with Crippen LogP contribution in [0.25, 0.3) is 0 Å². The SMILES string of the molecule is CC=CCOCc1ccccc1C(C)(C)C. The molecule has 0 bridgehead atoms. The van der Waals surface area contributed by atoms with Crippen LogP contribution in [0.2, 0.25) is 0 Å². The zero-order valence-electron chi connectivity index (χ0n) is 10.8. The van der Waals surface area contributed by atoms with E-state index in [1.807, 2.05) is 19.1 Å². The monoisotopic (exact) mass is 218 g/mol. The highest BCUT2D eigenvalue weighted by atomic mass is 16.5. The number of hydrogen-bond donors (Lipinski definition) is 0. The van der Waals surface area contributed by atoms with Crippen molar-refractivity contribution >= 4 is 0 Å². The normalized spacial score (nSPS) is 12.2. The van der Waals surface area contributed by atoms with Gasteiger partial charge in [-0.15, -0.1) is 0 Å². The molecule has 1 nitrogen and oxygen atoms in total. The minimum absolute atomic E-state index is 0.181. The van der Waals surface area contributed by atoms with Crippen LogP contribution in [0.15, 0.2) is 36.4 Å². The molecular formula is C15H22O. The van der Waals surface area contributed by atoms with E-state index in [1.54, 1.807) is 0 Å². The Labute approximate surface area is 99.1 Å². The second-order valence-corrected chi connectivity index (χ2v) is 4.99. The molecule has 0 radical (unpaired) electrons. The first kappa shape index (κ1) is 13.0. The molecule has 0 saturated carbocycles. The lowest BCUT2D eigenvalue weighted by molar-refractivity contribution is 0.147. The first-order valence-corrected chi connectivity index (χ1v) is 5.83. The maximum atomic E-state index is 5.61. The predicted molar refractivity (Wildman–Crippen MR) is 69.6 cm³/mol. The summed E-state index contributed by atoms with van der Waals surface area (Å²) < 4.78 is 5.61. The molecule has 0 atom stereocenters. The van der Waals surface area contributed by atoms with E-state index in [-0.39, 0.29) is 5.41 Å². The van der Waals surface area contributed by atoms with E-state index < -0.39 is 0 Å². The number of allylic oxidation sites excluding steroid dienone is 1. The second kappa shape index (κ2) is 5.86. The Morgan fingerprint density at radius 2 is 1.88 bits per heavy atom. The lowest BCUT2D eigenvalue weighted by Crippen LogP contribution is -2.14. The highest BCUT2D eigenvalue weighted by molar-refractivity contribution is 5.32. The lowest BCUT2D eigenvalue weighted by atomic mass is 9.84. The smallest absolute Gasteiger partial charge is 0.0724 e. The molecule has 0 fully saturated rings. The van der Waals surface area contributed by atoms with Crippen molar-refractivity contribution in [2.24, 2.45) is 0 Å². The van der Waals surface area contributed by atoms with Crippen LogP contribution in [-0.4, -0.2) is 6.61 Å². The molecule has 0 aromatic heterocycles. The van der Waals surface area contributed by atoms with Crippen LogP contribution in [0, 0.1) is 0 Å². The summed E-state index contributed by atoms with van der Waals surface area (Å²) in [5.74, 6) is 0. The highest BCUT2D eigenvalue weighted by Crippen LogP contribution is 2.26. The van der Waals surface area contributed by atoms with Gasteiger partial charge in [-0.05, 0) is 23.5 Å². The van der Waals surface area contributed by atoms with Crippen LogP contribution >= 0.6 is 0 Å². The van der Waals surface area contributed by atoms with Gasteiger partial charge in [0.1, 0.15) is 0 Å². The Morgan fingerprint density at radius 1 is 1.19 bits per heavy atom. The molecule has 1 aromatic rings. The van der Waals surface area contributed by atoms with E-state index in [4.69, 9.17) is 4.74 Å². The van der Waals surface area contributed by atoms with Gasteiger partial charge in [-0.1, -0.05) is 57.2 Å². The number of benzene rings is 1. The zero-order chi connectivity index (χ0) is 12.0. The van der Waals surface area contributed by atoms with E-state index >= 15 is 0 Å². The standard InChI is InChI=1S/C15H22O/c1-5-6-11-16-12-13-9-7-8-10-14(13)15(2,3)4/h5-10H,11-12H2,1-4H3.